The number of halogens is 1. The number of hydrogen-bond donors (Lipinski definition) is 1. The molecule has 2 aliphatic rings. The van der Waals surface area contributed by atoms with E-state index in [-0.39, 0.29) is 0 Å². The van der Waals surface area contributed by atoms with Crippen molar-refractivity contribution in [2.24, 2.45) is 0 Å². The fourth-order valence-electron chi connectivity index (χ4n) is 3.57. The van der Waals surface area contributed by atoms with Gasteiger partial charge in [-0.25, -0.2) is 0 Å². The van der Waals surface area contributed by atoms with E-state index in [1.807, 2.05) is 11.3 Å². The SMILES string of the molecule is Brc1ccc(CN2CCCNC3(CCCCC3)C2)s1. The van der Waals surface area contributed by atoms with E-state index in [1.165, 1.54) is 66.8 Å². The minimum Gasteiger partial charge on any atom is -0.310 e. The van der Waals surface area contributed by atoms with Crippen molar-refractivity contribution in [1.29, 1.82) is 0 Å². The third-order valence-corrected chi connectivity index (χ3v) is 6.10. The third kappa shape index (κ3) is 3.60. The number of hydrogen-bond acceptors (Lipinski definition) is 3. The maximum Gasteiger partial charge on any atom is 0.0701 e. The molecule has 3 rings (SSSR count). The molecule has 0 unspecified atom stereocenters. The van der Waals surface area contributed by atoms with E-state index >= 15 is 0 Å². The Balaban J connectivity index is 1.67. The van der Waals surface area contributed by atoms with Gasteiger partial charge < -0.3 is 5.32 Å². The molecule has 1 spiro atoms. The summed E-state index contributed by atoms with van der Waals surface area (Å²) in [6.45, 7) is 4.80. The van der Waals surface area contributed by atoms with Gasteiger partial charge in [0.15, 0.2) is 0 Å². The number of thiophene rings is 1. The minimum atomic E-state index is 0.420. The van der Waals surface area contributed by atoms with Gasteiger partial charge in [0, 0.05) is 23.5 Å². The van der Waals surface area contributed by atoms with E-state index < -0.39 is 0 Å². The Morgan fingerprint density at radius 2 is 2.05 bits per heavy atom. The highest BCUT2D eigenvalue weighted by molar-refractivity contribution is 9.11. The van der Waals surface area contributed by atoms with Crippen LogP contribution in [0.15, 0.2) is 15.9 Å². The Morgan fingerprint density at radius 3 is 2.79 bits per heavy atom. The molecule has 1 aliphatic heterocycles. The second-order valence-corrected chi connectivity index (χ2v) is 8.59. The fourth-order valence-corrected chi connectivity index (χ4v) is 5.10. The number of nitrogens with zero attached hydrogens (tertiary/aromatic N) is 1. The lowest BCUT2D eigenvalue weighted by molar-refractivity contribution is 0.160. The molecule has 1 saturated heterocycles. The average Bonchev–Trinajstić information content (AvgIpc) is 2.71. The number of rotatable bonds is 2. The Hall–Kier alpha value is 0.1000. The van der Waals surface area contributed by atoms with E-state index in [2.05, 4.69) is 38.3 Å². The maximum absolute atomic E-state index is 3.87. The Bertz CT molecular complexity index is 412. The topological polar surface area (TPSA) is 15.3 Å². The summed E-state index contributed by atoms with van der Waals surface area (Å²) in [4.78, 5) is 4.16. The van der Waals surface area contributed by atoms with Crippen molar-refractivity contribution in [3.63, 3.8) is 0 Å². The monoisotopic (exact) mass is 342 g/mol. The van der Waals surface area contributed by atoms with Crippen LogP contribution in [0.5, 0.6) is 0 Å². The van der Waals surface area contributed by atoms with Crippen LogP contribution in [-0.4, -0.2) is 30.1 Å². The highest BCUT2D eigenvalue weighted by Crippen LogP contribution is 2.31. The second-order valence-electron chi connectivity index (χ2n) is 6.04. The maximum atomic E-state index is 3.87. The second kappa shape index (κ2) is 6.25. The van der Waals surface area contributed by atoms with Crippen LogP contribution in [0.3, 0.4) is 0 Å². The van der Waals surface area contributed by atoms with Crippen molar-refractivity contribution in [1.82, 2.24) is 10.2 Å². The quantitative estimate of drug-likeness (QED) is 0.873. The molecule has 1 aromatic rings. The Labute approximate surface area is 128 Å². The van der Waals surface area contributed by atoms with Gasteiger partial charge in [-0.05, 0) is 60.4 Å². The first kappa shape index (κ1) is 14.1. The lowest BCUT2D eigenvalue weighted by Crippen LogP contribution is -2.52. The summed E-state index contributed by atoms with van der Waals surface area (Å²) in [6, 6.07) is 4.44. The lowest BCUT2D eigenvalue weighted by atomic mass is 9.81. The van der Waals surface area contributed by atoms with E-state index in [4.69, 9.17) is 0 Å². The number of nitrogens with one attached hydrogen (secondary N) is 1. The van der Waals surface area contributed by atoms with Gasteiger partial charge in [0.1, 0.15) is 0 Å². The lowest BCUT2D eigenvalue weighted by Gasteiger charge is -2.40. The van der Waals surface area contributed by atoms with Gasteiger partial charge >= 0.3 is 0 Å². The molecule has 0 atom stereocenters. The summed E-state index contributed by atoms with van der Waals surface area (Å²) in [5.74, 6) is 0. The summed E-state index contributed by atoms with van der Waals surface area (Å²) in [5, 5.41) is 3.87. The molecule has 2 heterocycles. The summed E-state index contributed by atoms with van der Waals surface area (Å²) < 4.78 is 1.25. The average molecular weight is 343 g/mol. The minimum absolute atomic E-state index is 0.420. The van der Waals surface area contributed by atoms with E-state index in [1.54, 1.807) is 0 Å². The zero-order valence-electron chi connectivity index (χ0n) is 11.5. The van der Waals surface area contributed by atoms with Crippen LogP contribution < -0.4 is 5.32 Å². The van der Waals surface area contributed by atoms with Crippen LogP contribution in [0, 0.1) is 0 Å². The molecule has 2 fully saturated rings. The summed E-state index contributed by atoms with van der Waals surface area (Å²) in [7, 11) is 0. The molecular weight excluding hydrogens is 320 g/mol. The molecule has 1 aliphatic carbocycles. The van der Waals surface area contributed by atoms with Crippen molar-refractivity contribution >= 4 is 27.3 Å². The van der Waals surface area contributed by atoms with Gasteiger partial charge in [-0.15, -0.1) is 11.3 Å². The molecule has 1 N–H and O–H groups in total. The van der Waals surface area contributed by atoms with Crippen LogP contribution in [-0.2, 0) is 6.54 Å². The molecule has 0 bridgehead atoms. The zero-order chi connectivity index (χ0) is 13.1. The van der Waals surface area contributed by atoms with Crippen molar-refractivity contribution in [3.8, 4) is 0 Å². The molecule has 0 amide bonds. The van der Waals surface area contributed by atoms with Crippen LogP contribution >= 0.6 is 27.3 Å². The molecule has 1 saturated carbocycles. The zero-order valence-corrected chi connectivity index (χ0v) is 13.9. The van der Waals surface area contributed by atoms with Crippen molar-refractivity contribution < 1.29 is 0 Å². The van der Waals surface area contributed by atoms with Gasteiger partial charge in [-0.3, -0.25) is 4.90 Å². The molecule has 1 aromatic heterocycles. The Kier molecular flexibility index (Phi) is 4.62. The fraction of sp³-hybridized carbons (Fsp3) is 0.733. The van der Waals surface area contributed by atoms with E-state index in [0.717, 1.165) is 6.54 Å². The molecule has 0 radical (unpaired) electrons. The smallest absolute Gasteiger partial charge is 0.0701 e. The van der Waals surface area contributed by atoms with Gasteiger partial charge in [0.25, 0.3) is 0 Å². The van der Waals surface area contributed by atoms with Crippen LogP contribution in [0.2, 0.25) is 0 Å². The van der Waals surface area contributed by atoms with E-state index in [9.17, 15) is 0 Å². The van der Waals surface area contributed by atoms with Crippen molar-refractivity contribution in [3.05, 3.63) is 20.8 Å². The molecule has 2 nitrogen and oxygen atoms in total. The largest absolute Gasteiger partial charge is 0.310 e. The standard InChI is InChI=1S/C15H23BrN2S/c16-14-6-5-13(19-14)11-18-10-4-9-17-15(12-18)7-2-1-3-8-15/h5-6,17H,1-4,7-12H2. The molecule has 4 heteroatoms. The highest BCUT2D eigenvalue weighted by atomic mass is 79.9. The van der Waals surface area contributed by atoms with Gasteiger partial charge in [-0.2, -0.15) is 0 Å². The summed E-state index contributed by atoms with van der Waals surface area (Å²) >= 11 is 5.45. The molecular formula is C15H23BrN2S. The van der Waals surface area contributed by atoms with Crippen LogP contribution in [0.25, 0.3) is 0 Å². The predicted molar refractivity (Wildman–Crippen MR) is 85.7 cm³/mol. The van der Waals surface area contributed by atoms with Crippen LogP contribution in [0.1, 0.15) is 43.4 Å². The van der Waals surface area contributed by atoms with E-state index in [0.29, 0.717) is 5.54 Å². The first-order valence-corrected chi connectivity index (χ1v) is 9.08. The van der Waals surface area contributed by atoms with Crippen molar-refractivity contribution in [2.45, 2.75) is 50.6 Å². The van der Waals surface area contributed by atoms with Crippen LogP contribution in [0.4, 0.5) is 0 Å². The summed E-state index contributed by atoms with van der Waals surface area (Å²) in [5.41, 5.74) is 0.420. The molecule has 106 valence electrons. The molecule has 19 heavy (non-hydrogen) atoms. The first-order valence-electron chi connectivity index (χ1n) is 7.47. The normalized spacial score (nSPS) is 24.5. The van der Waals surface area contributed by atoms with Gasteiger partial charge in [-0.1, -0.05) is 19.3 Å². The Morgan fingerprint density at radius 1 is 1.21 bits per heavy atom. The van der Waals surface area contributed by atoms with Crippen molar-refractivity contribution in [2.75, 3.05) is 19.6 Å². The third-order valence-electron chi connectivity index (χ3n) is 4.50. The summed E-state index contributed by atoms with van der Waals surface area (Å²) in [6.07, 6.45) is 8.28. The van der Waals surface area contributed by atoms with Gasteiger partial charge in [0.2, 0.25) is 0 Å². The highest BCUT2D eigenvalue weighted by Gasteiger charge is 2.34. The first-order chi connectivity index (χ1) is 9.26. The van der Waals surface area contributed by atoms with Gasteiger partial charge in [0.05, 0.1) is 3.79 Å². The molecule has 0 aromatic carbocycles. The predicted octanol–water partition coefficient (Wildman–Crippen LogP) is 4.01.